The number of sulfonamides is 1. The molecule has 0 aliphatic carbocycles. The van der Waals surface area contributed by atoms with Gasteiger partial charge in [-0.3, -0.25) is 9.10 Å². The number of ether oxygens (including phenoxy) is 2. The number of rotatable bonds is 9. The fraction of sp³-hybridized carbons (Fsp3) is 0.130. The highest BCUT2D eigenvalue weighted by atomic mass is 32.2. The number of amides is 1. The van der Waals surface area contributed by atoms with Crippen LogP contribution in [0.25, 0.3) is 0 Å². The van der Waals surface area contributed by atoms with Gasteiger partial charge in [0.05, 0.1) is 16.3 Å². The summed E-state index contributed by atoms with van der Waals surface area (Å²) < 4.78 is 63.0. The maximum Gasteiger partial charge on any atom is 0.344 e. The van der Waals surface area contributed by atoms with Crippen LogP contribution in [0.1, 0.15) is 0 Å². The van der Waals surface area contributed by atoms with Gasteiger partial charge in [0.1, 0.15) is 17.4 Å². The monoisotopic (exact) mass is 490 g/mol. The fourth-order valence-electron chi connectivity index (χ4n) is 2.73. The number of nitrogens with one attached hydrogen (secondary N) is 1. The molecule has 0 atom stereocenters. The quantitative estimate of drug-likeness (QED) is 0.462. The molecule has 11 heteroatoms. The van der Waals surface area contributed by atoms with Gasteiger partial charge in [0.25, 0.3) is 15.9 Å². The number of carbonyl (C=O) groups excluding carboxylic acids is 2. The summed E-state index contributed by atoms with van der Waals surface area (Å²) in [5.41, 5.74) is 0.273. The lowest BCUT2D eigenvalue weighted by atomic mass is 10.3. The Balaban J connectivity index is 1.49. The first-order chi connectivity index (χ1) is 16.2. The van der Waals surface area contributed by atoms with Crippen molar-refractivity contribution < 1.29 is 36.3 Å². The van der Waals surface area contributed by atoms with Gasteiger partial charge in [-0.2, -0.15) is 0 Å². The van der Waals surface area contributed by atoms with Gasteiger partial charge in [-0.05, 0) is 60.7 Å². The molecular weight excluding hydrogens is 470 g/mol. The Morgan fingerprint density at radius 3 is 2.21 bits per heavy atom. The molecule has 0 unspecified atom stereocenters. The maximum atomic E-state index is 13.5. The van der Waals surface area contributed by atoms with Gasteiger partial charge in [-0.15, -0.1) is 0 Å². The third-order valence-electron chi connectivity index (χ3n) is 4.54. The first kappa shape index (κ1) is 24.6. The number of nitrogens with zero attached hydrogens (tertiary/aromatic N) is 1. The number of hydrogen-bond donors (Lipinski definition) is 1. The zero-order valence-corrected chi connectivity index (χ0v) is 18.7. The van der Waals surface area contributed by atoms with Gasteiger partial charge in [-0.1, -0.05) is 12.1 Å². The lowest BCUT2D eigenvalue weighted by molar-refractivity contribution is -0.149. The number of benzene rings is 3. The highest BCUT2D eigenvalue weighted by Gasteiger charge is 2.21. The zero-order valence-electron chi connectivity index (χ0n) is 17.9. The number of halogens is 2. The van der Waals surface area contributed by atoms with Crippen LogP contribution in [0.4, 0.5) is 20.2 Å². The summed E-state index contributed by atoms with van der Waals surface area (Å²) in [6.45, 7) is -1.13. The molecule has 0 aromatic heterocycles. The Labute approximate surface area is 194 Å². The van der Waals surface area contributed by atoms with Crippen molar-refractivity contribution in [3.8, 4) is 5.75 Å². The number of carbonyl (C=O) groups is 2. The van der Waals surface area contributed by atoms with Crippen molar-refractivity contribution in [2.75, 3.05) is 29.9 Å². The molecule has 0 bridgehead atoms. The van der Waals surface area contributed by atoms with Crippen LogP contribution in [0.5, 0.6) is 5.75 Å². The average molecular weight is 490 g/mol. The Bertz CT molecular complexity index is 1270. The molecular formula is C23H20F2N2O6S. The van der Waals surface area contributed by atoms with E-state index in [9.17, 15) is 26.8 Å². The molecule has 1 N–H and O–H groups in total. The summed E-state index contributed by atoms with van der Waals surface area (Å²) in [4.78, 5) is 23.5. The lowest BCUT2D eigenvalue weighted by Gasteiger charge is -2.19. The highest BCUT2D eigenvalue weighted by Crippen LogP contribution is 2.24. The minimum Gasteiger partial charge on any atom is -0.482 e. The van der Waals surface area contributed by atoms with Gasteiger partial charge >= 0.3 is 5.97 Å². The van der Waals surface area contributed by atoms with Crippen LogP contribution in [0.3, 0.4) is 0 Å². The van der Waals surface area contributed by atoms with Crippen molar-refractivity contribution in [1.29, 1.82) is 0 Å². The van der Waals surface area contributed by atoms with Crippen LogP contribution >= 0.6 is 0 Å². The summed E-state index contributed by atoms with van der Waals surface area (Å²) in [5, 5.41) is 2.28. The third kappa shape index (κ3) is 6.29. The number of para-hydroxylation sites is 1. The molecule has 34 heavy (non-hydrogen) atoms. The summed E-state index contributed by atoms with van der Waals surface area (Å²) in [6, 6.07) is 15.8. The lowest BCUT2D eigenvalue weighted by Crippen LogP contribution is -2.26. The van der Waals surface area contributed by atoms with Crippen LogP contribution in [0.2, 0.25) is 0 Å². The van der Waals surface area contributed by atoms with Gasteiger partial charge in [0, 0.05) is 7.05 Å². The van der Waals surface area contributed by atoms with E-state index in [-0.39, 0.29) is 16.3 Å². The van der Waals surface area contributed by atoms with Crippen molar-refractivity contribution in [3.05, 3.63) is 84.4 Å². The molecule has 0 heterocycles. The maximum absolute atomic E-state index is 13.5. The van der Waals surface area contributed by atoms with Gasteiger partial charge < -0.3 is 14.8 Å². The van der Waals surface area contributed by atoms with Crippen molar-refractivity contribution in [2.45, 2.75) is 4.90 Å². The van der Waals surface area contributed by atoms with E-state index in [1.807, 2.05) is 0 Å². The van der Waals surface area contributed by atoms with E-state index in [4.69, 9.17) is 9.47 Å². The second-order valence-corrected chi connectivity index (χ2v) is 8.87. The van der Waals surface area contributed by atoms with Gasteiger partial charge in [0.15, 0.2) is 13.2 Å². The Kier molecular flexibility index (Phi) is 7.79. The predicted molar refractivity (Wildman–Crippen MR) is 120 cm³/mol. The second kappa shape index (κ2) is 10.8. The van der Waals surface area contributed by atoms with Crippen LogP contribution in [0.15, 0.2) is 77.7 Å². The van der Waals surface area contributed by atoms with E-state index >= 15 is 0 Å². The molecule has 0 fully saturated rings. The molecule has 0 radical (unpaired) electrons. The first-order valence-corrected chi connectivity index (χ1v) is 11.3. The molecule has 0 aliphatic heterocycles. The van der Waals surface area contributed by atoms with E-state index in [1.54, 1.807) is 6.07 Å². The van der Waals surface area contributed by atoms with Crippen molar-refractivity contribution in [1.82, 2.24) is 0 Å². The minimum absolute atomic E-state index is 0.0358. The van der Waals surface area contributed by atoms with Crippen molar-refractivity contribution in [3.63, 3.8) is 0 Å². The van der Waals surface area contributed by atoms with Crippen molar-refractivity contribution in [2.24, 2.45) is 0 Å². The molecule has 0 aliphatic rings. The van der Waals surface area contributed by atoms with E-state index < -0.39 is 46.7 Å². The van der Waals surface area contributed by atoms with Gasteiger partial charge in [0.2, 0.25) is 0 Å². The Morgan fingerprint density at radius 2 is 1.56 bits per heavy atom. The number of anilines is 2. The largest absolute Gasteiger partial charge is 0.482 e. The molecule has 3 aromatic rings. The van der Waals surface area contributed by atoms with Crippen LogP contribution in [-0.2, 0) is 24.3 Å². The fourth-order valence-corrected chi connectivity index (χ4v) is 3.93. The summed E-state index contributed by atoms with van der Waals surface area (Å²) in [5.74, 6) is -2.46. The van der Waals surface area contributed by atoms with Crippen LogP contribution in [-0.4, -0.2) is 40.6 Å². The Morgan fingerprint density at radius 1 is 0.912 bits per heavy atom. The summed E-state index contributed by atoms with van der Waals surface area (Å²) in [7, 11) is -2.55. The highest BCUT2D eigenvalue weighted by molar-refractivity contribution is 7.92. The number of hydrogen-bond acceptors (Lipinski definition) is 6. The smallest absolute Gasteiger partial charge is 0.344 e. The van der Waals surface area contributed by atoms with E-state index in [0.717, 1.165) is 16.4 Å². The molecule has 0 spiro atoms. The van der Waals surface area contributed by atoms with E-state index in [2.05, 4.69) is 5.32 Å². The standard InChI is InChI=1S/C23H20F2N2O6S/c1-27(34(30,31)19-12-6-16(24)7-13-19)17-8-10-18(11-9-17)32-15-23(29)33-14-22(28)26-21-5-3-2-4-20(21)25/h2-13H,14-15H2,1H3,(H,26,28). The van der Waals surface area contributed by atoms with Crippen molar-refractivity contribution >= 4 is 33.3 Å². The Hall–Kier alpha value is -3.99. The molecule has 3 rings (SSSR count). The summed E-state index contributed by atoms with van der Waals surface area (Å²) >= 11 is 0. The average Bonchev–Trinajstić information content (AvgIpc) is 2.83. The minimum atomic E-state index is -3.90. The van der Waals surface area contributed by atoms with E-state index in [0.29, 0.717) is 5.69 Å². The second-order valence-electron chi connectivity index (χ2n) is 6.90. The topological polar surface area (TPSA) is 102 Å². The van der Waals surface area contributed by atoms with Gasteiger partial charge in [-0.25, -0.2) is 22.0 Å². The molecule has 1 amide bonds. The first-order valence-electron chi connectivity index (χ1n) is 9.84. The normalized spacial score (nSPS) is 10.9. The number of esters is 1. The SMILES string of the molecule is CN(c1ccc(OCC(=O)OCC(=O)Nc2ccccc2F)cc1)S(=O)(=O)c1ccc(F)cc1. The predicted octanol–water partition coefficient (Wildman–Crippen LogP) is 3.35. The molecule has 0 saturated heterocycles. The molecule has 3 aromatic carbocycles. The third-order valence-corrected chi connectivity index (χ3v) is 6.34. The molecule has 8 nitrogen and oxygen atoms in total. The molecule has 178 valence electrons. The van der Waals surface area contributed by atoms with E-state index in [1.165, 1.54) is 61.6 Å². The van der Waals surface area contributed by atoms with Crippen LogP contribution < -0.4 is 14.4 Å². The zero-order chi connectivity index (χ0) is 24.7. The summed E-state index contributed by atoms with van der Waals surface area (Å²) in [6.07, 6.45) is 0. The molecule has 0 saturated carbocycles. The van der Waals surface area contributed by atoms with Crippen LogP contribution in [0, 0.1) is 11.6 Å².